The van der Waals surface area contributed by atoms with Crippen molar-refractivity contribution in [3.63, 3.8) is 0 Å². The number of aromatic hydroxyl groups is 1. The van der Waals surface area contributed by atoms with Crippen molar-refractivity contribution < 1.29 is 9.90 Å². The summed E-state index contributed by atoms with van der Waals surface area (Å²) in [5.41, 5.74) is 9.06. The molecule has 7 nitrogen and oxygen atoms in total. The lowest BCUT2D eigenvalue weighted by molar-refractivity contribution is -0.121. The molecule has 0 bridgehead atoms. The summed E-state index contributed by atoms with van der Waals surface area (Å²) in [5, 5.41) is 23.0. The van der Waals surface area contributed by atoms with Crippen molar-refractivity contribution in [1.29, 1.82) is 0 Å². The molecule has 2 aromatic carbocycles. The maximum Gasteiger partial charge on any atom is 0.220 e. The number of nitrogens with zero attached hydrogens (tertiary/aromatic N) is 3. The third-order valence-electron chi connectivity index (χ3n) is 5.30. The van der Waals surface area contributed by atoms with Crippen molar-refractivity contribution in [1.82, 2.24) is 20.3 Å². The van der Waals surface area contributed by atoms with Crippen LogP contribution in [0.15, 0.2) is 36.4 Å². The number of amides is 1. The Labute approximate surface area is 183 Å². The number of aromatic nitrogens is 3. The first-order chi connectivity index (χ1) is 14.8. The Kier molecular flexibility index (Phi) is 7.28. The third-order valence-corrected chi connectivity index (χ3v) is 5.30. The van der Waals surface area contributed by atoms with Gasteiger partial charge in [0.15, 0.2) is 0 Å². The number of rotatable bonds is 9. The molecule has 0 radical (unpaired) electrons. The van der Waals surface area contributed by atoms with Gasteiger partial charge >= 0.3 is 0 Å². The van der Waals surface area contributed by atoms with Gasteiger partial charge in [-0.3, -0.25) is 4.79 Å². The van der Waals surface area contributed by atoms with Crippen LogP contribution in [-0.4, -0.2) is 39.1 Å². The first-order valence-corrected chi connectivity index (χ1v) is 10.9. The Bertz CT molecular complexity index is 1000. The van der Waals surface area contributed by atoms with E-state index in [0.29, 0.717) is 31.6 Å². The van der Waals surface area contributed by atoms with E-state index in [9.17, 15) is 9.90 Å². The smallest absolute Gasteiger partial charge is 0.220 e. The van der Waals surface area contributed by atoms with Gasteiger partial charge in [0.25, 0.3) is 0 Å². The largest absolute Gasteiger partial charge is 0.505 e. The van der Waals surface area contributed by atoms with Crippen molar-refractivity contribution in [3.05, 3.63) is 47.5 Å². The first-order valence-electron chi connectivity index (χ1n) is 10.9. The van der Waals surface area contributed by atoms with Gasteiger partial charge < -0.3 is 16.2 Å². The summed E-state index contributed by atoms with van der Waals surface area (Å²) in [4.78, 5) is 13.7. The van der Waals surface area contributed by atoms with E-state index in [2.05, 4.69) is 36.3 Å². The van der Waals surface area contributed by atoms with Crippen LogP contribution >= 0.6 is 0 Å². The number of benzene rings is 2. The zero-order chi connectivity index (χ0) is 22.4. The molecule has 0 fully saturated rings. The maximum absolute atomic E-state index is 12.3. The lowest BCUT2D eigenvalue weighted by Crippen LogP contribution is -2.24. The summed E-state index contributed by atoms with van der Waals surface area (Å²) in [6.07, 6.45) is 3.92. The lowest BCUT2D eigenvalue weighted by atomic mass is 9.84. The van der Waals surface area contributed by atoms with Crippen LogP contribution in [-0.2, 0) is 16.6 Å². The molecule has 166 valence electrons. The standard InChI is InChI=1S/C24H33N5O2/c1-24(2,3)18-15-17(11-12-22(30)26-14-8-4-7-13-25)16-21(23(18)31)29-27-19-9-5-6-10-20(19)28-29/h5-6,9-10,15-16,31H,4,7-8,11-14,25H2,1-3H3,(H,26,30). The number of carbonyl (C=O) groups is 1. The summed E-state index contributed by atoms with van der Waals surface area (Å²) < 4.78 is 0. The van der Waals surface area contributed by atoms with Gasteiger partial charge in [-0.1, -0.05) is 45.4 Å². The van der Waals surface area contributed by atoms with Crippen LogP contribution in [0, 0.1) is 0 Å². The van der Waals surface area contributed by atoms with Crippen molar-refractivity contribution in [2.24, 2.45) is 5.73 Å². The summed E-state index contributed by atoms with van der Waals surface area (Å²) in [6, 6.07) is 11.5. The minimum absolute atomic E-state index is 0.0302. The second-order valence-corrected chi connectivity index (χ2v) is 8.94. The predicted molar refractivity (Wildman–Crippen MR) is 123 cm³/mol. The number of phenolic OH excluding ortho intramolecular Hbond substituents is 1. The lowest BCUT2D eigenvalue weighted by Gasteiger charge is -2.23. The van der Waals surface area contributed by atoms with Crippen LogP contribution in [0.1, 0.15) is 57.6 Å². The normalized spacial score (nSPS) is 11.7. The van der Waals surface area contributed by atoms with E-state index >= 15 is 0 Å². The fourth-order valence-corrected chi connectivity index (χ4v) is 3.53. The van der Waals surface area contributed by atoms with Gasteiger partial charge in [0.2, 0.25) is 5.91 Å². The van der Waals surface area contributed by atoms with Gasteiger partial charge in [-0.15, -0.1) is 15.0 Å². The zero-order valence-electron chi connectivity index (χ0n) is 18.7. The van der Waals surface area contributed by atoms with Gasteiger partial charge in [0, 0.05) is 18.5 Å². The highest BCUT2D eigenvalue weighted by atomic mass is 16.3. The van der Waals surface area contributed by atoms with E-state index in [0.717, 1.165) is 41.4 Å². The zero-order valence-corrected chi connectivity index (χ0v) is 18.7. The Morgan fingerprint density at radius 3 is 2.39 bits per heavy atom. The number of fused-ring (bicyclic) bond motifs is 1. The van der Waals surface area contributed by atoms with E-state index < -0.39 is 0 Å². The van der Waals surface area contributed by atoms with Gasteiger partial charge in [0.1, 0.15) is 22.5 Å². The van der Waals surface area contributed by atoms with Gasteiger partial charge in [-0.25, -0.2) is 0 Å². The van der Waals surface area contributed by atoms with Crippen molar-refractivity contribution in [2.75, 3.05) is 13.1 Å². The van der Waals surface area contributed by atoms with E-state index in [1.807, 2.05) is 36.4 Å². The number of nitrogens with two attached hydrogens (primary N) is 1. The minimum atomic E-state index is -0.271. The first kappa shape index (κ1) is 22.7. The van der Waals surface area contributed by atoms with Gasteiger partial charge in [-0.05, 0) is 55.0 Å². The molecule has 1 aromatic heterocycles. The Morgan fingerprint density at radius 2 is 1.77 bits per heavy atom. The second kappa shape index (κ2) is 9.92. The van der Waals surface area contributed by atoms with E-state index in [-0.39, 0.29) is 17.1 Å². The number of aryl methyl sites for hydroxylation is 1. The Morgan fingerprint density at radius 1 is 1.10 bits per heavy atom. The van der Waals surface area contributed by atoms with Crippen LogP contribution in [0.2, 0.25) is 0 Å². The quantitative estimate of drug-likeness (QED) is 0.456. The van der Waals surface area contributed by atoms with E-state index in [4.69, 9.17) is 5.73 Å². The molecule has 3 rings (SSSR count). The number of phenols is 1. The molecule has 31 heavy (non-hydrogen) atoms. The molecular formula is C24H33N5O2. The molecule has 0 atom stereocenters. The van der Waals surface area contributed by atoms with E-state index in [1.54, 1.807) is 0 Å². The number of hydrogen-bond acceptors (Lipinski definition) is 5. The molecule has 1 heterocycles. The SMILES string of the molecule is CC(C)(C)c1cc(CCC(=O)NCCCCCN)cc(-n2nc3ccccc3n2)c1O. The van der Waals surface area contributed by atoms with Crippen molar-refractivity contribution >= 4 is 16.9 Å². The number of nitrogens with one attached hydrogen (secondary N) is 1. The molecule has 0 unspecified atom stereocenters. The average Bonchev–Trinajstić information content (AvgIpc) is 3.16. The molecule has 0 aliphatic heterocycles. The molecule has 3 aromatic rings. The van der Waals surface area contributed by atoms with Crippen LogP contribution in [0.25, 0.3) is 16.7 Å². The molecule has 0 aliphatic carbocycles. The highest BCUT2D eigenvalue weighted by Gasteiger charge is 2.23. The summed E-state index contributed by atoms with van der Waals surface area (Å²) in [6.45, 7) is 7.52. The van der Waals surface area contributed by atoms with Crippen LogP contribution < -0.4 is 11.1 Å². The van der Waals surface area contributed by atoms with Gasteiger partial charge in [-0.2, -0.15) is 0 Å². The molecule has 1 amide bonds. The Balaban J connectivity index is 1.81. The molecular weight excluding hydrogens is 390 g/mol. The minimum Gasteiger partial charge on any atom is -0.505 e. The maximum atomic E-state index is 12.3. The topological polar surface area (TPSA) is 106 Å². The highest BCUT2D eigenvalue weighted by molar-refractivity contribution is 5.76. The number of carbonyl (C=O) groups excluding carboxylic acids is 1. The van der Waals surface area contributed by atoms with Crippen molar-refractivity contribution in [3.8, 4) is 11.4 Å². The fourth-order valence-electron chi connectivity index (χ4n) is 3.53. The summed E-state index contributed by atoms with van der Waals surface area (Å²) in [7, 11) is 0. The summed E-state index contributed by atoms with van der Waals surface area (Å²) in [5.74, 6) is 0.198. The van der Waals surface area contributed by atoms with Crippen molar-refractivity contribution in [2.45, 2.75) is 58.3 Å². The third kappa shape index (κ3) is 5.82. The monoisotopic (exact) mass is 423 g/mol. The Hall–Kier alpha value is -2.93. The van der Waals surface area contributed by atoms with Crippen LogP contribution in [0.5, 0.6) is 5.75 Å². The molecule has 0 saturated heterocycles. The van der Waals surface area contributed by atoms with Gasteiger partial charge in [0.05, 0.1) is 0 Å². The average molecular weight is 424 g/mol. The molecule has 7 heteroatoms. The highest BCUT2D eigenvalue weighted by Crippen LogP contribution is 2.36. The molecule has 0 spiro atoms. The number of unbranched alkanes of at least 4 members (excludes halogenated alkanes) is 2. The molecule has 0 aliphatic rings. The molecule has 4 N–H and O–H groups in total. The molecule has 0 saturated carbocycles. The summed E-state index contributed by atoms with van der Waals surface area (Å²) >= 11 is 0. The fraction of sp³-hybridized carbons (Fsp3) is 0.458. The van der Waals surface area contributed by atoms with E-state index in [1.165, 1.54) is 4.80 Å². The second-order valence-electron chi connectivity index (χ2n) is 8.94. The predicted octanol–water partition coefficient (Wildman–Crippen LogP) is 3.60. The number of hydrogen-bond donors (Lipinski definition) is 3. The van der Waals surface area contributed by atoms with Crippen LogP contribution in [0.3, 0.4) is 0 Å². The van der Waals surface area contributed by atoms with Crippen LogP contribution in [0.4, 0.5) is 0 Å².